The molecule has 0 radical (unpaired) electrons. The third kappa shape index (κ3) is 3.89. The van der Waals surface area contributed by atoms with Gasteiger partial charge in [0.1, 0.15) is 12.4 Å². The lowest BCUT2D eigenvalue weighted by Gasteiger charge is -2.12. The number of nitrogens with one attached hydrogen (secondary N) is 1. The monoisotopic (exact) mass is 309 g/mol. The van der Waals surface area contributed by atoms with E-state index in [1.165, 1.54) is 5.56 Å². The van der Waals surface area contributed by atoms with E-state index in [0.29, 0.717) is 16.7 Å². The van der Waals surface area contributed by atoms with E-state index in [2.05, 4.69) is 18.3 Å². The Labute approximate surface area is 129 Å². The zero-order chi connectivity index (χ0) is 14.5. The molecule has 2 nitrogen and oxygen atoms in total. The van der Waals surface area contributed by atoms with Crippen molar-refractivity contribution in [1.29, 1.82) is 0 Å². The molecule has 0 bridgehead atoms. The number of benzene rings is 2. The molecule has 2 aromatic carbocycles. The van der Waals surface area contributed by atoms with Gasteiger partial charge in [-0.05, 0) is 37.7 Å². The van der Waals surface area contributed by atoms with Gasteiger partial charge in [-0.2, -0.15) is 0 Å². The highest BCUT2D eigenvalue weighted by Gasteiger charge is 2.05. The molecule has 20 heavy (non-hydrogen) atoms. The molecule has 0 spiro atoms. The van der Waals surface area contributed by atoms with Crippen molar-refractivity contribution in [3.8, 4) is 5.75 Å². The Bertz CT molecular complexity index is 599. The van der Waals surface area contributed by atoms with E-state index in [1.807, 2.05) is 31.3 Å². The summed E-state index contributed by atoms with van der Waals surface area (Å²) in [5.41, 5.74) is 3.36. The highest BCUT2D eigenvalue weighted by Crippen LogP contribution is 2.25. The Morgan fingerprint density at radius 3 is 2.55 bits per heavy atom. The second-order valence-electron chi connectivity index (χ2n) is 4.68. The standard InChI is InChI=1S/C16H17Cl2NO/c1-11-3-6-16(13(7-11)9-19-2)20-10-12-4-5-14(17)15(18)8-12/h3-8,19H,9-10H2,1-2H3. The van der Waals surface area contributed by atoms with Crippen molar-refractivity contribution >= 4 is 23.2 Å². The molecule has 2 rings (SSSR count). The van der Waals surface area contributed by atoms with E-state index in [1.54, 1.807) is 6.07 Å². The van der Waals surface area contributed by atoms with Crippen LogP contribution >= 0.6 is 23.2 Å². The Balaban J connectivity index is 2.11. The fourth-order valence-electron chi connectivity index (χ4n) is 1.97. The minimum absolute atomic E-state index is 0.469. The summed E-state index contributed by atoms with van der Waals surface area (Å²) >= 11 is 11.9. The van der Waals surface area contributed by atoms with Crippen molar-refractivity contribution < 1.29 is 4.74 Å². The Morgan fingerprint density at radius 2 is 1.85 bits per heavy atom. The molecule has 0 saturated heterocycles. The van der Waals surface area contributed by atoms with Gasteiger partial charge < -0.3 is 10.1 Å². The predicted molar refractivity (Wildman–Crippen MR) is 84.7 cm³/mol. The molecular formula is C16H17Cl2NO. The van der Waals surface area contributed by atoms with Crippen molar-refractivity contribution in [2.24, 2.45) is 0 Å². The number of ether oxygens (including phenoxy) is 1. The van der Waals surface area contributed by atoms with Gasteiger partial charge in [-0.3, -0.25) is 0 Å². The van der Waals surface area contributed by atoms with Gasteiger partial charge in [0.05, 0.1) is 10.0 Å². The zero-order valence-electron chi connectivity index (χ0n) is 11.5. The lowest BCUT2D eigenvalue weighted by atomic mass is 10.1. The molecule has 0 aromatic heterocycles. The number of rotatable bonds is 5. The summed E-state index contributed by atoms with van der Waals surface area (Å²) in [5.74, 6) is 0.885. The minimum atomic E-state index is 0.469. The topological polar surface area (TPSA) is 21.3 Å². The summed E-state index contributed by atoms with van der Waals surface area (Å²) in [6.45, 7) is 3.32. The van der Waals surface area contributed by atoms with Crippen LogP contribution in [0.4, 0.5) is 0 Å². The van der Waals surface area contributed by atoms with Crippen LogP contribution in [0.15, 0.2) is 36.4 Å². The van der Waals surface area contributed by atoms with E-state index < -0.39 is 0 Å². The van der Waals surface area contributed by atoms with Crippen LogP contribution in [-0.4, -0.2) is 7.05 Å². The molecule has 0 fully saturated rings. The van der Waals surface area contributed by atoms with E-state index in [4.69, 9.17) is 27.9 Å². The fourth-order valence-corrected chi connectivity index (χ4v) is 2.29. The molecule has 4 heteroatoms. The van der Waals surface area contributed by atoms with Gasteiger partial charge in [0.15, 0.2) is 0 Å². The number of halogens is 2. The van der Waals surface area contributed by atoms with Crippen molar-refractivity contribution in [2.45, 2.75) is 20.1 Å². The summed E-state index contributed by atoms with van der Waals surface area (Å²) in [5, 5.41) is 4.25. The molecule has 0 amide bonds. The largest absolute Gasteiger partial charge is 0.489 e. The molecule has 0 atom stereocenters. The van der Waals surface area contributed by atoms with Gasteiger partial charge in [-0.25, -0.2) is 0 Å². The maximum absolute atomic E-state index is 6.00. The summed E-state index contributed by atoms with van der Waals surface area (Å²) in [7, 11) is 1.92. The SMILES string of the molecule is CNCc1cc(C)ccc1OCc1ccc(Cl)c(Cl)c1. The van der Waals surface area contributed by atoms with Gasteiger partial charge in [-0.15, -0.1) is 0 Å². The van der Waals surface area contributed by atoms with Crippen molar-refractivity contribution in [2.75, 3.05) is 7.05 Å². The predicted octanol–water partition coefficient (Wildman–Crippen LogP) is 4.60. The highest BCUT2D eigenvalue weighted by molar-refractivity contribution is 6.42. The molecule has 0 saturated carbocycles. The summed E-state index contributed by atoms with van der Waals surface area (Å²) < 4.78 is 5.88. The molecule has 0 aliphatic heterocycles. The average Bonchev–Trinajstić information content (AvgIpc) is 2.42. The van der Waals surface area contributed by atoms with Crippen LogP contribution in [0.1, 0.15) is 16.7 Å². The molecular weight excluding hydrogens is 293 g/mol. The minimum Gasteiger partial charge on any atom is -0.489 e. The normalized spacial score (nSPS) is 10.6. The average molecular weight is 310 g/mol. The first-order valence-corrected chi connectivity index (χ1v) is 7.16. The fraction of sp³-hybridized carbons (Fsp3) is 0.250. The van der Waals surface area contributed by atoms with Crippen LogP contribution in [0.25, 0.3) is 0 Å². The second-order valence-corrected chi connectivity index (χ2v) is 5.49. The maximum atomic E-state index is 6.00. The first-order valence-electron chi connectivity index (χ1n) is 6.41. The first-order chi connectivity index (χ1) is 9.60. The summed E-state index contributed by atoms with van der Waals surface area (Å²) in [6, 6.07) is 11.7. The Kier molecular flexibility index (Phi) is 5.30. The van der Waals surface area contributed by atoms with Gasteiger partial charge in [0.2, 0.25) is 0 Å². The maximum Gasteiger partial charge on any atom is 0.124 e. The molecule has 0 aliphatic carbocycles. The third-order valence-electron chi connectivity index (χ3n) is 2.96. The van der Waals surface area contributed by atoms with Crippen molar-refractivity contribution in [1.82, 2.24) is 5.32 Å². The Hall–Kier alpha value is -1.22. The smallest absolute Gasteiger partial charge is 0.124 e. The van der Waals surface area contributed by atoms with Gasteiger partial charge in [0, 0.05) is 12.1 Å². The van der Waals surface area contributed by atoms with Crippen LogP contribution in [0, 0.1) is 6.92 Å². The van der Waals surface area contributed by atoms with Gasteiger partial charge >= 0.3 is 0 Å². The quantitative estimate of drug-likeness (QED) is 0.871. The van der Waals surface area contributed by atoms with E-state index >= 15 is 0 Å². The lowest BCUT2D eigenvalue weighted by Crippen LogP contribution is -2.08. The van der Waals surface area contributed by atoms with E-state index in [-0.39, 0.29) is 0 Å². The lowest BCUT2D eigenvalue weighted by molar-refractivity contribution is 0.302. The van der Waals surface area contributed by atoms with Crippen LogP contribution in [0.2, 0.25) is 10.0 Å². The second kappa shape index (κ2) is 6.98. The number of hydrogen-bond donors (Lipinski definition) is 1. The van der Waals surface area contributed by atoms with Crippen molar-refractivity contribution in [3.63, 3.8) is 0 Å². The summed E-state index contributed by atoms with van der Waals surface area (Å²) in [6.07, 6.45) is 0. The highest BCUT2D eigenvalue weighted by atomic mass is 35.5. The molecule has 106 valence electrons. The molecule has 1 N–H and O–H groups in total. The molecule has 0 aliphatic rings. The number of aryl methyl sites for hydroxylation is 1. The zero-order valence-corrected chi connectivity index (χ0v) is 13.1. The van der Waals surface area contributed by atoms with E-state index in [9.17, 15) is 0 Å². The first kappa shape index (κ1) is 15.2. The van der Waals surface area contributed by atoms with Crippen LogP contribution in [0.5, 0.6) is 5.75 Å². The van der Waals surface area contributed by atoms with Crippen LogP contribution in [-0.2, 0) is 13.2 Å². The third-order valence-corrected chi connectivity index (χ3v) is 3.70. The van der Waals surface area contributed by atoms with Crippen LogP contribution in [0.3, 0.4) is 0 Å². The van der Waals surface area contributed by atoms with Gasteiger partial charge in [-0.1, -0.05) is 47.0 Å². The van der Waals surface area contributed by atoms with Gasteiger partial charge in [0.25, 0.3) is 0 Å². The molecule has 0 unspecified atom stereocenters. The molecule has 0 heterocycles. The van der Waals surface area contributed by atoms with Crippen molar-refractivity contribution in [3.05, 3.63) is 63.1 Å². The molecule has 2 aromatic rings. The van der Waals surface area contributed by atoms with E-state index in [0.717, 1.165) is 23.4 Å². The van der Waals surface area contributed by atoms with Crippen LogP contribution < -0.4 is 10.1 Å². The Morgan fingerprint density at radius 1 is 1.05 bits per heavy atom. The number of hydrogen-bond acceptors (Lipinski definition) is 2. The summed E-state index contributed by atoms with van der Waals surface area (Å²) in [4.78, 5) is 0.